The first-order valence-corrected chi connectivity index (χ1v) is 11.0. The molecule has 0 spiro atoms. The molecule has 0 amide bonds. The van der Waals surface area contributed by atoms with E-state index in [0.717, 1.165) is 29.1 Å². The Balaban J connectivity index is 1.37. The van der Waals surface area contributed by atoms with Crippen molar-refractivity contribution in [2.75, 3.05) is 13.7 Å². The van der Waals surface area contributed by atoms with Crippen molar-refractivity contribution >= 4 is 11.2 Å². The van der Waals surface area contributed by atoms with E-state index in [-0.39, 0.29) is 0 Å². The predicted octanol–water partition coefficient (Wildman–Crippen LogP) is 4.57. The second-order valence-corrected chi connectivity index (χ2v) is 7.84. The Morgan fingerprint density at radius 2 is 1.74 bits per heavy atom. The summed E-state index contributed by atoms with van der Waals surface area (Å²) in [5.74, 6) is 3.76. The smallest absolute Gasteiger partial charge is 0.178 e. The molecule has 0 fully saturated rings. The van der Waals surface area contributed by atoms with Gasteiger partial charge in [-0.25, -0.2) is 15.0 Å². The van der Waals surface area contributed by atoms with Crippen molar-refractivity contribution in [3.63, 3.8) is 0 Å². The molecule has 3 heterocycles. The van der Waals surface area contributed by atoms with Crippen molar-refractivity contribution in [1.29, 1.82) is 0 Å². The maximum Gasteiger partial charge on any atom is 0.178 e. The summed E-state index contributed by atoms with van der Waals surface area (Å²) in [6, 6.07) is 17.6. The van der Waals surface area contributed by atoms with Gasteiger partial charge in [0.15, 0.2) is 5.65 Å². The van der Waals surface area contributed by atoms with Crippen LogP contribution in [0.5, 0.6) is 17.2 Å². The fourth-order valence-electron chi connectivity index (χ4n) is 3.62. The minimum absolute atomic E-state index is 0.347. The summed E-state index contributed by atoms with van der Waals surface area (Å²) >= 11 is 0. The zero-order chi connectivity index (χ0) is 23.3. The zero-order valence-electron chi connectivity index (χ0n) is 19.1. The van der Waals surface area contributed by atoms with Crippen LogP contribution < -0.4 is 14.2 Å². The second kappa shape index (κ2) is 9.66. The van der Waals surface area contributed by atoms with Gasteiger partial charge in [-0.15, -0.1) is 0 Å². The number of aromatic nitrogens is 5. The highest BCUT2D eigenvalue weighted by molar-refractivity contribution is 5.76. The number of fused-ring (bicyclic) bond motifs is 1. The van der Waals surface area contributed by atoms with Gasteiger partial charge >= 0.3 is 0 Å². The summed E-state index contributed by atoms with van der Waals surface area (Å²) in [6.07, 6.45) is 6.15. The van der Waals surface area contributed by atoms with Gasteiger partial charge < -0.3 is 23.8 Å². The van der Waals surface area contributed by atoms with Crippen molar-refractivity contribution in [1.82, 2.24) is 24.5 Å². The summed E-state index contributed by atoms with van der Waals surface area (Å²) in [5, 5.41) is 0. The number of pyridine rings is 1. The van der Waals surface area contributed by atoms with Crippen LogP contribution in [0.1, 0.15) is 11.4 Å². The first-order chi connectivity index (χ1) is 16.7. The minimum atomic E-state index is 0.347. The quantitative estimate of drug-likeness (QED) is 0.350. The monoisotopic (exact) mass is 455 g/mol. The summed E-state index contributed by atoms with van der Waals surface area (Å²) < 4.78 is 19.3. The summed E-state index contributed by atoms with van der Waals surface area (Å²) in [6.45, 7) is 0.871. The van der Waals surface area contributed by atoms with Gasteiger partial charge in [0.05, 0.1) is 19.2 Å². The third-order valence-corrected chi connectivity index (χ3v) is 5.52. The Kier molecular flexibility index (Phi) is 6.11. The van der Waals surface area contributed by atoms with Gasteiger partial charge in [0.2, 0.25) is 0 Å². The number of aryl methyl sites for hydroxylation is 1. The number of rotatable bonds is 9. The summed E-state index contributed by atoms with van der Waals surface area (Å²) in [4.78, 5) is 16.6. The summed E-state index contributed by atoms with van der Waals surface area (Å²) in [7, 11) is 3.61. The van der Waals surface area contributed by atoms with Crippen molar-refractivity contribution < 1.29 is 14.2 Å². The van der Waals surface area contributed by atoms with E-state index in [1.54, 1.807) is 19.5 Å². The number of H-pyrrole nitrogens is 1. The molecule has 3 aromatic heterocycles. The number of aromatic amines is 1. The SMILES string of the molecule is COc1ccc(CCOc2cc(OCc3nccn3C)cc(-c3nc4ncccc4[nH]3)c2)cc1. The van der Waals surface area contributed by atoms with Crippen LogP contribution in [0.2, 0.25) is 0 Å². The molecule has 0 unspecified atom stereocenters. The number of benzene rings is 2. The lowest BCUT2D eigenvalue weighted by Gasteiger charge is -2.12. The van der Waals surface area contributed by atoms with E-state index in [4.69, 9.17) is 14.2 Å². The lowest BCUT2D eigenvalue weighted by Crippen LogP contribution is -2.04. The Labute approximate surface area is 197 Å². The molecule has 0 saturated heterocycles. The van der Waals surface area contributed by atoms with Gasteiger partial charge in [-0.1, -0.05) is 12.1 Å². The van der Waals surface area contributed by atoms with Crippen LogP contribution in [-0.2, 0) is 20.1 Å². The van der Waals surface area contributed by atoms with Crippen LogP contribution in [-0.4, -0.2) is 38.2 Å². The van der Waals surface area contributed by atoms with Gasteiger partial charge in [0, 0.05) is 43.7 Å². The molecule has 5 aromatic rings. The Bertz CT molecular complexity index is 1360. The van der Waals surface area contributed by atoms with E-state index in [2.05, 4.69) is 19.9 Å². The Morgan fingerprint density at radius 3 is 2.47 bits per heavy atom. The summed E-state index contributed by atoms with van der Waals surface area (Å²) in [5.41, 5.74) is 3.57. The van der Waals surface area contributed by atoms with Gasteiger partial charge in [-0.3, -0.25) is 0 Å². The van der Waals surface area contributed by atoms with E-state index < -0.39 is 0 Å². The molecule has 1 N–H and O–H groups in total. The number of nitrogens with one attached hydrogen (secondary N) is 1. The predicted molar refractivity (Wildman–Crippen MR) is 129 cm³/mol. The second-order valence-electron chi connectivity index (χ2n) is 7.84. The van der Waals surface area contributed by atoms with E-state index in [1.807, 2.05) is 72.4 Å². The van der Waals surface area contributed by atoms with Crippen molar-refractivity contribution in [3.8, 4) is 28.6 Å². The average molecular weight is 456 g/mol. The molecule has 0 aliphatic carbocycles. The molecule has 8 nitrogen and oxygen atoms in total. The van der Waals surface area contributed by atoms with Crippen LogP contribution in [0.25, 0.3) is 22.6 Å². The Morgan fingerprint density at radius 1 is 0.912 bits per heavy atom. The maximum absolute atomic E-state index is 6.11. The fraction of sp³-hybridized carbons (Fsp3) is 0.192. The molecule has 34 heavy (non-hydrogen) atoms. The number of imidazole rings is 2. The molecule has 0 saturated carbocycles. The van der Waals surface area contributed by atoms with Crippen LogP contribution in [0.4, 0.5) is 0 Å². The standard InChI is InChI=1S/C26H25N5O3/c1-31-12-11-27-24(31)17-34-22-15-19(25-29-23-4-3-10-28-26(23)30-25)14-21(16-22)33-13-9-18-5-7-20(32-2)8-6-18/h3-8,10-12,14-16H,9,13,17H2,1-2H3,(H,28,29,30). The fourth-order valence-corrected chi connectivity index (χ4v) is 3.62. The molecule has 8 heteroatoms. The molecule has 172 valence electrons. The maximum atomic E-state index is 6.11. The van der Waals surface area contributed by atoms with Crippen LogP contribution in [0, 0.1) is 0 Å². The van der Waals surface area contributed by atoms with Gasteiger partial charge in [-0.2, -0.15) is 0 Å². The van der Waals surface area contributed by atoms with Crippen LogP contribution in [0.3, 0.4) is 0 Å². The first kappa shape index (κ1) is 21.5. The normalized spacial score (nSPS) is 11.0. The molecule has 0 atom stereocenters. The molecule has 2 aromatic carbocycles. The van der Waals surface area contributed by atoms with Crippen LogP contribution >= 0.6 is 0 Å². The number of hydrogen-bond donors (Lipinski definition) is 1. The third-order valence-electron chi connectivity index (χ3n) is 5.52. The van der Waals surface area contributed by atoms with E-state index in [1.165, 1.54) is 5.56 Å². The topological polar surface area (TPSA) is 87.1 Å². The number of hydrogen-bond acceptors (Lipinski definition) is 6. The Hall–Kier alpha value is -4.33. The highest BCUT2D eigenvalue weighted by atomic mass is 16.5. The molecule has 0 aliphatic rings. The largest absolute Gasteiger partial charge is 0.497 e. The lowest BCUT2D eigenvalue weighted by atomic mass is 10.1. The van der Waals surface area contributed by atoms with E-state index >= 15 is 0 Å². The van der Waals surface area contributed by atoms with Gasteiger partial charge in [0.25, 0.3) is 0 Å². The molecule has 5 rings (SSSR count). The molecule has 0 aliphatic heterocycles. The van der Waals surface area contributed by atoms with Crippen LogP contribution in [0.15, 0.2) is 73.2 Å². The highest BCUT2D eigenvalue weighted by Gasteiger charge is 2.11. The zero-order valence-corrected chi connectivity index (χ0v) is 19.1. The average Bonchev–Trinajstić information content (AvgIpc) is 3.49. The van der Waals surface area contributed by atoms with Gasteiger partial charge in [-0.05, 0) is 42.0 Å². The number of nitrogens with zero attached hydrogens (tertiary/aromatic N) is 4. The van der Waals surface area contributed by atoms with Crippen molar-refractivity contribution in [2.24, 2.45) is 7.05 Å². The lowest BCUT2D eigenvalue weighted by molar-refractivity contribution is 0.285. The minimum Gasteiger partial charge on any atom is -0.497 e. The van der Waals surface area contributed by atoms with E-state index in [0.29, 0.717) is 36.2 Å². The molecule has 0 radical (unpaired) electrons. The first-order valence-electron chi connectivity index (χ1n) is 11.0. The van der Waals surface area contributed by atoms with Crippen molar-refractivity contribution in [3.05, 3.63) is 84.6 Å². The third kappa shape index (κ3) is 4.85. The molecular formula is C26H25N5O3. The highest BCUT2D eigenvalue weighted by Crippen LogP contribution is 2.30. The molecule has 0 bridgehead atoms. The van der Waals surface area contributed by atoms with Gasteiger partial charge in [0.1, 0.15) is 35.5 Å². The number of ether oxygens (including phenoxy) is 3. The van der Waals surface area contributed by atoms with E-state index in [9.17, 15) is 0 Å². The molecular weight excluding hydrogens is 430 g/mol. The number of methoxy groups -OCH3 is 1. The van der Waals surface area contributed by atoms with Crippen molar-refractivity contribution in [2.45, 2.75) is 13.0 Å².